The Morgan fingerprint density at radius 2 is 1.88 bits per heavy atom. The molecule has 0 radical (unpaired) electrons. The van der Waals surface area contributed by atoms with Crippen molar-refractivity contribution >= 4 is 39.9 Å². The van der Waals surface area contributed by atoms with Crippen LogP contribution in [-0.2, 0) is 14.8 Å². The Balaban J connectivity index is 0.00000243. The van der Waals surface area contributed by atoms with Gasteiger partial charge in [-0.25, -0.2) is 8.42 Å². The third-order valence-corrected chi connectivity index (χ3v) is 7.31. The van der Waals surface area contributed by atoms with Gasteiger partial charge in [0.25, 0.3) is 0 Å². The number of hydrogen-bond acceptors (Lipinski definition) is 4. The molecule has 2 fully saturated rings. The van der Waals surface area contributed by atoms with Gasteiger partial charge in [0.2, 0.25) is 15.9 Å². The minimum atomic E-state index is -3.57. The van der Waals surface area contributed by atoms with Crippen LogP contribution in [0, 0.1) is 5.92 Å². The monoisotopic (exact) mass is 421 g/mol. The van der Waals surface area contributed by atoms with Crippen molar-refractivity contribution in [2.75, 3.05) is 26.2 Å². The molecule has 1 saturated carbocycles. The summed E-state index contributed by atoms with van der Waals surface area (Å²) in [4.78, 5) is 14.4. The van der Waals surface area contributed by atoms with Gasteiger partial charge in [-0.3, -0.25) is 4.79 Å². The Kier molecular flexibility index (Phi) is 7.33. The molecule has 1 aliphatic carbocycles. The average molecular weight is 422 g/mol. The van der Waals surface area contributed by atoms with E-state index in [-0.39, 0.29) is 35.2 Å². The Morgan fingerprint density at radius 1 is 1.19 bits per heavy atom. The maximum Gasteiger partial charge on any atom is 0.243 e. The van der Waals surface area contributed by atoms with Gasteiger partial charge < -0.3 is 10.6 Å². The second-order valence-corrected chi connectivity index (χ2v) is 9.18. The van der Waals surface area contributed by atoms with E-state index in [9.17, 15) is 13.2 Å². The summed E-state index contributed by atoms with van der Waals surface area (Å²) in [5, 5.41) is 0.391. The second kappa shape index (κ2) is 8.89. The fraction of sp³-hybridized carbons (Fsp3) is 0.588. The number of halogens is 2. The standard InChI is InChI=1S/C17H24ClN3O3S.ClH/c18-14-4-2-5-15(12-14)25(23,24)21-9-7-20(8-10-21)17(22)11-13-3-1-6-16(13)19;/h2,4-5,12-13,16H,1,3,6-11,19H2;1H/t13-,16+;/m0./s1. The van der Waals surface area contributed by atoms with Gasteiger partial charge in [-0.15, -0.1) is 12.4 Å². The molecule has 0 aromatic heterocycles. The van der Waals surface area contributed by atoms with Crippen molar-refractivity contribution < 1.29 is 13.2 Å². The fourth-order valence-corrected chi connectivity index (χ4v) is 5.35. The first kappa shape index (κ1) is 21.4. The van der Waals surface area contributed by atoms with Crippen molar-refractivity contribution in [3.8, 4) is 0 Å². The number of hydrogen-bond donors (Lipinski definition) is 1. The van der Waals surface area contributed by atoms with Crippen molar-refractivity contribution in [1.82, 2.24) is 9.21 Å². The number of nitrogens with two attached hydrogens (primary N) is 1. The molecule has 2 N–H and O–H groups in total. The number of carbonyl (C=O) groups excluding carboxylic acids is 1. The maximum absolute atomic E-state index is 12.7. The van der Waals surface area contributed by atoms with Gasteiger partial charge in [-0.05, 0) is 37.0 Å². The molecular weight excluding hydrogens is 397 g/mol. The highest BCUT2D eigenvalue weighted by atomic mass is 35.5. The van der Waals surface area contributed by atoms with Crippen molar-refractivity contribution in [2.24, 2.45) is 11.7 Å². The lowest BCUT2D eigenvalue weighted by Gasteiger charge is -2.34. The van der Waals surface area contributed by atoms with Gasteiger partial charge >= 0.3 is 0 Å². The summed E-state index contributed by atoms with van der Waals surface area (Å²) >= 11 is 5.90. The molecule has 0 bridgehead atoms. The third-order valence-electron chi connectivity index (χ3n) is 5.18. The SMILES string of the molecule is Cl.N[C@@H]1CCC[C@H]1CC(=O)N1CCN(S(=O)(=O)c2cccc(Cl)c2)CC1. The van der Waals surface area contributed by atoms with Gasteiger partial charge in [0.05, 0.1) is 4.90 Å². The third kappa shape index (κ3) is 4.70. The van der Waals surface area contributed by atoms with Crippen LogP contribution in [0.15, 0.2) is 29.2 Å². The van der Waals surface area contributed by atoms with Gasteiger partial charge in [0.15, 0.2) is 0 Å². The highest BCUT2D eigenvalue weighted by Crippen LogP contribution is 2.28. The summed E-state index contributed by atoms with van der Waals surface area (Å²) in [5.41, 5.74) is 6.04. The van der Waals surface area contributed by atoms with Crippen LogP contribution in [-0.4, -0.2) is 55.8 Å². The summed E-state index contributed by atoms with van der Waals surface area (Å²) in [7, 11) is -3.57. The van der Waals surface area contributed by atoms with Crippen LogP contribution in [0.5, 0.6) is 0 Å². The average Bonchev–Trinajstić information content (AvgIpc) is 3.00. The zero-order valence-electron chi connectivity index (χ0n) is 14.5. The van der Waals surface area contributed by atoms with E-state index in [2.05, 4.69) is 0 Å². The highest BCUT2D eigenvalue weighted by molar-refractivity contribution is 7.89. The van der Waals surface area contributed by atoms with E-state index < -0.39 is 10.0 Å². The lowest BCUT2D eigenvalue weighted by molar-refractivity contribution is -0.133. The van der Waals surface area contributed by atoms with Crippen LogP contribution in [0.1, 0.15) is 25.7 Å². The summed E-state index contributed by atoms with van der Waals surface area (Å²) in [5.74, 6) is 0.350. The lowest BCUT2D eigenvalue weighted by atomic mass is 9.99. The molecule has 1 saturated heterocycles. The molecule has 1 amide bonds. The quantitative estimate of drug-likeness (QED) is 0.806. The molecule has 0 unspecified atom stereocenters. The van der Waals surface area contributed by atoms with Gasteiger partial charge in [0, 0.05) is 43.7 Å². The number of amides is 1. The Morgan fingerprint density at radius 3 is 2.46 bits per heavy atom. The van der Waals surface area contributed by atoms with E-state index in [0.717, 1.165) is 19.3 Å². The summed E-state index contributed by atoms with van der Waals surface area (Å²) in [6.07, 6.45) is 3.56. The van der Waals surface area contributed by atoms with E-state index in [4.69, 9.17) is 17.3 Å². The Bertz CT molecular complexity index is 737. The summed E-state index contributed by atoms with van der Waals surface area (Å²) < 4.78 is 26.8. The molecule has 1 aromatic rings. The number of carbonyl (C=O) groups is 1. The van der Waals surface area contributed by atoms with E-state index in [1.165, 1.54) is 10.4 Å². The lowest BCUT2D eigenvalue weighted by Crippen LogP contribution is -2.51. The molecule has 6 nitrogen and oxygen atoms in total. The predicted molar refractivity (Wildman–Crippen MR) is 104 cm³/mol. The molecule has 1 aromatic carbocycles. The highest BCUT2D eigenvalue weighted by Gasteiger charge is 2.32. The van der Waals surface area contributed by atoms with E-state index >= 15 is 0 Å². The Hall–Kier alpha value is -0.860. The summed E-state index contributed by atoms with van der Waals surface area (Å²) in [6, 6.07) is 6.38. The van der Waals surface area contributed by atoms with E-state index in [0.29, 0.717) is 37.6 Å². The van der Waals surface area contributed by atoms with Crippen molar-refractivity contribution in [3.63, 3.8) is 0 Å². The van der Waals surface area contributed by atoms with Gasteiger partial charge in [-0.1, -0.05) is 24.1 Å². The molecule has 1 heterocycles. The smallest absolute Gasteiger partial charge is 0.243 e. The number of rotatable bonds is 4. The zero-order chi connectivity index (χ0) is 18.0. The largest absolute Gasteiger partial charge is 0.340 e. The minimum Gasteiger partial charge on any atom is -0.340 e. The van der Waals surface area contributed by atoms with Crippen LogP contribution in [0.4, 0.5) is 0 Å². The van der Waals surface area contributed by atoms with Crippen LogP contribution >= 0.6 is 24.0 Å². The maximum atomic E-state index is 12.7. The van der Waals surface area contributed by atoms with Crippen LogP contribution in [0.25, 0.3) is 0 Å². The second-order valence-electron chi connectivity index (χ2n) is 6.80. The van der Waals surface area contributed by atoms with Crippen LogP contribution in [0.2, 0.25) is 5.02 Å². The molecule has 2 aliphatic rings. The first-order valence-corrected chi connectivity index (χ1v) is 10.5. The molecular formula is C17H25Cl2N3O3S. The van der Waals surface area contributed by atoms with Crippen molar-refractivity contribution in [3.05, 3.63) is 29.3 Å². The van der Waals surface area contributed by atoms with Crippen LogP contribution in [0.3, 0.4) is 0 Å². The molecule has 1 aliphatic heterocycles. The number of nitrogens with zero attached hydrogens (tertiary/aromatic N) is 2. The normalized spacial score (nSPS) is 24.3. The Labute approximate surface area is 166 Å². The molecule has 9 heteroatoms. The topological polar surface area (TPSA) is 83.7 Å². The predicted octanol–water partition coefficient (Wildman–Crippen LogP) is 2.11. The molecule has 146 valence electrons. The van der Waals surface area contributed by atoms with Crippen molar-refractivity contribution in [1.29, 1.82) is 0 Å². The number of sulfonamides is 1. The van der Waals surface area contributed by atoms with Gasteiger partial charge in [-0.2, -0.15) is 4.31 Å². The molecule has 26 heavy (non-hydrogen) atoms. The van der Waals surface area contributed by atoms with Gasteiger partial charge in [0.1, 0.15) is 0 Å². The molecule has 2 atom stereocenters. The fourth-order valence-electron chi connectivity index (χ4n) is 3.63. The molecule has 0 spiro atoms. The van der Waals surface area contributed by atoms with Crippen LogP contribution < -0.4 is 5.73 Å². The van der Waals surface area contributed by atoms with E-state index in [1.54, 1.807) is 23.1 Å². The minimum absolute atomic E-state index is 0. The van der Waals surface area contributed by atoms with E-state index in [1.807, 2.05) is 0 Å². The number of benzene rings is 1. The summed E-state index contributed by atoms with van der Waals surface area (Å²) in [6.45, 7) is 1.44. The zero-order valence-corrected chi connectivity index (χ0v) is 16.9. The first-order chi connectivity index (χ1) is 11.9. The number of piperazine rings is 1. The molecule has 3 rings (SSSR count). The first-order valence-electron chi connectivity index (χ1n) is 8.67. The van der Waals surface area contributed by atoms with Crippen molar-refractivity contribution in [2.45, 2.75) is 36.6 Å².